The van der Waals surface area contributed by atoms with Crippen molar-refractivity contribution >= 4 is 39.6 Å². The summed E-state index contributed by atoms with van der Waals surface area (Å²) in [7, 11) is 1.63. The fourth-order valence-corrected chi connectivity index (χ4v) is 5.73. The van der Waals surface area contributed by atoms with E-state index >= 15 is 0 Å². The first-order chi connectivity index (χ1) is 14.1. The Hall–Kier alpha value is -2.13. The molecule has 1 aromatic heterocycles. The van der Waals surface area contributed by atoms with E-state index in [9.17, 15) is 4.79 Å². The first kappa shape index (κ1) is 18.9. The molecule has 29 heavy (non-hydrogen) atoms. The fourth-order valence-electron chi connectivity index (χ4n) is 4.40. The van der Waals surface area contributed by atoms with Gasteiger partial charge in [-0.25, -0.2) is 4.98 Å². The average molecular weight is 503 g/mol. The van der Waals surface area contributed by atoms with Crippen molar-refractivity contribution in [3.63, 3.8) is 0 Å². The molecule has 7 heteroatoms. The normalized spacial score (nSPS) is 25.9. The lowest BCUT2D eigenvalue weighted by atomic mass is 9.84. The molecular weight excluding hydrogens is 481 g/mol. The summed E-state index contributed by atoms with van der Waals surface area (Å²) in [6.45, 7) is 2.26. The second kappa shape index (κ2) is 7.60. The Balaban J connectivity index is 1.45. The Bertz CT molecular complexity index is 1060. The summed E-state index contributed by atoms with van der Waals surface area (Å²) in [6, 6.07) is 13.2. The van der Waals surface area contributed by atoms with E-state index in [-0.39, 0.29) is 11.9 Å². The summed E-state index contributed by atoms with van der Waals surface area (Å²) >= 11 is 2.47. The third kappa shape index (κ3) is 3.40. The van der Waals surface area contributed by atoms with E-state index in [1.54, 1.807) is 7.11 Å². The molecule has 0 spiro atoms. The number of carbonyl (C=O) groups excluding carboxylic acids is 1. The molecule has 2 atom stereocenters. The van der Waals surface area contributed by atoms with Crippen LogP contribution in [0.3, 0.4) is 0 Å². The monoisotopic (exact) mass is 503 g/mol. The zero-order valence-electron chi connectivity index (χ0n) is 16.1. The number of piperidine rings is 3. The number of alkyl halides is 1. The standard InChI is InChI=1S/C22H22IN3O3/c1-28-15-5-2-4-14(12-15)22-25-19-16(6-3-7-17(19)29-22)21(27)24-18-13-8-10-26(11-9-13)20(18)23/h2-7,12-13,18,20H,8-11H2,1H3,(H,24,27). The number of nitrogens with one attached hydrogen (secondary N) is 1. The van der Waals surface area contributed by atoms with Gasteiger partial charge in [-0.1, -0.05) is 34.7 Å². The van der Waals surface area contributed by atoms with Crippen LogP contribution in [-0.4, -0.2) is 46.1 Å². The minimum Gasteiger partial charge on any atom is -0.497 e. The van der Waals surface area contributed by atoms with E-state index in [1.807, 2.05) is 42.5 Å². The van der Waals surface area contributed by atoms with Crippen LogP contribution in [0.4, 0.5) is 0 Å². The number of hydrogen-bond donors (Lipinski definition) is 1. The number of rotatable bonds is 4. The van der Waals surface area contributed by atoms with Crippen LogP contribution >= 0.6 is 22.6 Å². The van der Waals surface area contributed by atoms with Gasteiger partial charge in [-0.15, -0.1) is 0 Å². The molecular formula is C22H22IN3O3. The summed E-state index contributed by atoms with van der Waals surface area (Å²) < 4.78 is 11.6. The summed E-state index contributed by atoms with van der Waals surface area (Å²) in [4.78, 5) is 20.3. The van der Waals surface area contributed by atoms with Crippen molar-refractivity contribution in [3.05, 3.63) is 48.0 Å². The fraction of sp³-hybridized carbons (Fsp3) is 0.364. The van der Waals surface area contributed by atoms with Crippen LogP contribution in [0.1, 0.15) is 23.2 Å². The van der Waals surface area contributed by atoms with Gasteiger partial charge in [0.05, 0.1) is 22.8 Å². The van der Waals surface area contributed by atoms with Crippen molar-refractivity contribution in [1.82, 2.24) is 15.2 Å². The Labute approximate surface area is 182 Å². The van der Waals surface area contributed by atoms with Crippen molar-refractivity contribution in [1.29, 1.82) is 0 Å². The zero-order valence-corrected chi connectivity index (χ0v) is 18.3. The molecule has 1 N–H and O–H groups in total. The number of methoxy groups -OCH3 is 1. The number of carbonyl (C=O) groups is 1. The summed E-state index contributed by atoms with van der Waals surface area (Å²) in [5.74, 6) is 1.68. The predicted molar refractivity (Wildman–Crippen MR) is 119 cm³/mol. The Morgan fingerprint density at radius 1 is 1.24 bits per heavy atom. The van der Waals surface area contributed by atoms with Crippen LogP contribution in [0.2, 0.25) is 0 Å². The molecule has 2 aromatic carbocycles. The highest BCUT2D eigenvalue weighted by Crippen LogP contribution is 2.36. The molecule has 2 bridgehead atoms. The zero-order chi connectivity index (χ0) is 20.0. The number of amides is 1. The number of oxazole rings is 1. The summed E-state index contributed by atoms with van der Waals surface area (Å²) in [5, 5.41) is 3.29. The molecule has 4 heterocycles. The van der Waals surface area contributed by atoms with Crippen LogP contribution in [0.15, 0.2) is 46.9 Å². The second-order valence-electron chi connectivity index (χ2n) is 7.65. The second-order valence-corrected chi connectivity index (χ2v) is 8.92. The van der Waals surface area contributed by atoms with Gasteiger partial charge in [0.1, 0.15) is 11.3 Å². The third-order valence-corrected chi connectivity index (χ3v) is 7.57. The van der Waals surface area contributed by atoms with Crippen LogP contribution in [0, 0.1) is 5.92 Å². The number of hydrogen-bond acceptors (Lipinski definition) is 5. The van der Waals surface area contributed by atoms with E-state index in [1.165, 1.54) is 0 Å². The lowest BCUT2D eigenvalue weighted by Gasteiger charge is -2.48. The van der Waals surface area contributed by atoms with Crippen molar-refractivity contribution in [2.24, 2.45) is 5.92 Å². The number of aromatic nitrogens is 1. The van der Waals surface area contributed by atoms with Crippen LogP contribution < -0.4 is 10.1 Å². The lowest BCUT2D eigenvalue weighted by Crippen LogP contribution is -2.61. The minimum atomic E-state index is -0.0819. The molecule has 0 saturated carbocycles. The first-order valence-electron chi connectivity index (χ1n) is 9.87. The van der Waals surface area contributed by atoms with Gasteiger partial charge in [-0.05, 0) is 62.2 Å². The largest absolute Gasteiger partial charge is 0.497 e. The maximum atomic E-state index is 13.2. The van der Waals surface area contributed by atoms with E-state index < -0.39 is 0 Å². The number of ether oxygens (including phenoxy) is 1. The van der Waals surface area contributed by atoms with Crippen molar-refractivity contribution in [2.75, 3.05) is 20.2 Å². The number of para-hydroxylation sites is 1. The molecule has 0 aliphatic carbocycles. The minimum absolute atomic E-state index is 0.0819. The quantitative estimate of drug-likeness (QED) is 0.330. The van der Waals surface area contributed by atoms with E-state index in [0.717, 1.165) is 37.2 Å². The topological polar surface area (TPSA) is 67.6 Å². The highest BCUT2D eigenvalue weighted by atomic mass is 127. The highest BCUT2D eigenvalue weighted by molar-refractivity contribution is 14.1. The molecule has 3 aliphatic rings. The van der Waals surface area contributed by atoms with E-state index in [2.05, 4.69) is 37.8 Å². The number of nitrogens with zero attached hydrogens (tertiary/aromatic N) is 2. The van der Waals surface area contributed by atoms with Gasteiger partial charge in [-0.3, -0.25) is 9.69 Å². The number of benzene rings is 2. The Morgan fingerprint density at radius 2 is 2.03 bits per heavy atom. The molecule has 0 radical (unpaired) electrons. The maximum absolute atomic E-state index is 13.2. The van der Waals surface area contributed by atoms with Gasteiger partial charge >= 0.3 is 0 Å². The summed E-state index contributed by atoms with van der Waals surface area (Å²) in [6.07, 6.45) is 2.30. The number of fused-ring (bicyclic) bond motifs is 4. The van der Waals surface area contributed by atoms with E-state index in [4.69, 9.17) is 9.15 Å². The molecule has 3 fully saturated rings. The smallest absolute Gasteiger partial charge is 0.253 e. The predicted octanol–water partition coefficient (Wildman–Crippen LogP) is 4.09. The average Bonchev–Trinajstić information content (AvgIpc) is 3.21. The summed E-state index contributed by atoms with van der Waals surface area (Å²) in [5.41, 5.74) is 2.57. The molecule has 6 rings (SSSR count). The molecule has 150 valence electrons. The third-order valence-electron chi connectivity index (χ3n) is 6.01. The molecule has 3 aliphatic heterocycles. The van der Waals surface area contributed by atoms with Gasteiger partial charge in [0.15, 0.2) is 5.58 Å². The number of halogens is 1. The molecule has 1 amide bonds. The van der Waals surface area contributed by atoms with Gasteiger partial charge in [0, 0.05) is 5.56 Å². The van der Waals surface area contributed by atoms with Gasteiger partial charge in [0.2, 0.25) is 5.89 Å². The van der Waals surface area contributed by atoms with Gasteiger partial charge < -0.3 is 14.5 Å². The lowest BCUT2D eigenvalue weighted by molar-refractivity contribution is 0.0554. The Kier molecular flexibility index (Phi) is 4.95. The Morgan fingerprint density at radius 3 is 2.79 bits per heavy atom. The van der Waals surface area contributed by atoms with Crippen molar-refractivity contribution in [2.45, 2.75) is 22.9 Å². The highest BCUT2D eigenvalue weighted by Gasteiger charge is 2.41. The molecule has 3 aromatic rings. The van der Waals surface area contributed by atoms with Crippen molar-refractivity contribution < 1.29 is 13.9 Å². The SMILES string of the molecule is COc1cccc(-c2nc3c(C(=O)NC4C5CCN(CC5)C4I)cccc3o2)c1. The maximum Gasteiger partial charge on any atom is 0.253 e. The van der Waals surface area contributed by atoms with Gasteiger partial charge in [0.25, 0.3) is 5.91 Å². The molecule has 2 unspecified atom stereocenters. The van der Waals surface area contributed by atoms with Crippen molar-refractivity contribution in [3.8, 4) is 17.2 Å². The molecule has 6 nitrogen and oxygen atoms in total. The molecule has 3 saturated heterocycles. The van der Waals surface area contributed by atoms with E-state index in [0.29, 0.717) is 32.5 Å². The van der Waals surface area contributed by atoms with Gasteiger partial charge in [-0.2, -0.15) is 0 Å². The van der Waals surface area contributed by atoms with Crippen LogP contribution in [-0.2, 0) is 0 Å². The van der Waals surface area contributed by atoms with Crippen LogP contribution in [0.25, 0.3) is 22.6 Å². The first-order valence-corrected chi connectivity index (χ1v) is 11.1. The van der Waals surface area contributed by atoms with Crippen LogP contribution in [0.5, 0.6) is 5.75 Å².